The molecule has 0 saturated carbocycles. The van der Waals surface area contributed by atoms with E-state index in [-0.39, 0.29) is 17.5 Å². The Bertz CT molecular complexity index is 806. The normalized spacial score (nSPS) is 17.9. The van der Waals surface area contributed by atoms with Crippen molar-refractivity contribution in [3.05, 3.63) is 58.1 Å². The van der Waals surface area contributed by atoms with Crippen LogP contribution in [0.25, 0.3) is 0 Å². The zero-order valence-electron chi connectivity index (χ0n) is 15.2. The summed E-state index contributed by atoms with van der Waals surface area (Å²) in [5, 5.41) is 10.8. The van der Waals surface area contributed by atoms with Gasteiger partial charge in [0.25, 0.3) is 0 Å². The van der Waals surface area contributed by atoms with Gasteiger partial charge in [0, 0.05) is 35.2 Å². The third-order valence-electron chi connectivity index (χ3n) is 5.04. The van der Waals surface area contributed by atoms with Crippen molar-refractivity contribution in [1.82, 2.24) is 4.90 Å². The van der Waals surface area contributed by atoms with Crippen LogP contribution in [0.1, 0.15) is 34.3 Å². The van der Waals surface area contributed by atoms with Gasteiger partial charge < -0.3 is 9.84 Å². The van der Waals surface area contributed by atoms with Gasteiger partial charge in [0.1, 0.15) is 11.5 Å². The Morgan fingerprint density at radius 1 is 1.35 bits per heavy atom. The fourth-order valence-electron chi connectivity index (χ4n) is 3.66. The number of benzene rings is 2. The number of hydrogen-bond acceptors (Lipinski definition) is 4. The number of phenols is 1. The maximum absolute atomic E-state index is 13.0. The number of methoxy groups -OCH3 is 1. The number of carbonyl (C=O) groups excluding carboxylic acids is 1. The number of halogens is 1. The van der Waals surface area contributed by atoms with Gasteiger partial charge in [0.05, 0.1) is 7.11 Å². The standard InChI is InChI=1S/C21H24ClNO3/c1-14-11-16(22)8-9-17(14)21(25)15-5-4-10-23(12-15)13-18-19(24)6-3-7-20(18)26-2/h3,6-9,11,15,24H,4-5,10,12-13H2,1-2H3/t15-/m0/s1. The van der Waals surface area contributed by atoms with Crippen molar-refractivity contribution in [3.8, 4) is 11.5 Å². The molecule has 1 saturated heterocycles. The van der Waals surface area contributed by atoms with Crippen LogP contribution >= 0.6 is 11.6 Å². The van der Waals surface area contributed by atoms with E-state index >= 15 is 0 Å². The fraction of sp³-hybridized carbons (Fsp3) is 0.381. The lowest BCUT2D eigenvalue weighted by molar-refractivity contribution is 0.0809. The number of ether oxygens (including phenoxy) is 1. The number of Topliss-reactive ketones (excluding diaryl/α,β-unsaturated/α-hetero) is 1. The molecule has 1 aliphatic heterocycles. The van der Waals surface area contributed by atoms with Crippen LogP contribution in [-0.4, -0.2) is 36.0 Å². The quantitative estimate of drug-likeness (QED) is 0.786. The lowest BCUT2D eigenvalue weighted by Crippen LogP contribution is -2.38. The first-order valence-corrected chi connectivity index (χ1v) is 9.25. The molecule has 138 valence electrons. The molecule has 0 aliphatic carbocycles. The van der Waals surface area contributed by atoms with Gasteiger partial charge in [-0.2, -0.15) is 0 Å². The number of nitrogens with zero attached hydrogens (tertiary/aromatic N) is 1. The van der Waals surface area contributed by atoms with E-state index in [1.165, 1.54) is 0 Å². The average Bonchev–Trinajstić information content (AvgIpc) is 2.63. The molecule has 1 fully saturated rings. The number of aryl methyl sites for hydroxylation is 1. The number of piperidine rings is 1. The molecule has 0 aromatic heterocycles. The molecular formula is C21H24ClNO3. The van der Waals surface area contributed by atoms with E-state index in [1.807, 2.05) is 25.1 Å². The van der Waals surface area contributed by atoms with E-state index in [4.69, 9.17) is 16.3 Å². The summed E-state index contributed by atoms with van der Waals surface area (Å²) in [5.41, 5.74) is 2.44. The number of ketones is 1. The van der Waals surface area contributed by atoms with Gasteiger partial charge in [-0.05, 0) is 62.2 Å². The summed E-state index contributed by atoms with van der Waals surface area (Å²) in [7, 11) is 1.60. The monoisotopic (exact) mass is 373 g/mol. The maximum Gasteiger partial charge on any atom is 0.167 e. The number of hydrogen-bond donors (Lipinski definition) is 1. The molecule has 3 rings (SSSR count). The molecule has 0 bridgehead atoms. The number of carbonyl (C=O) groups is 1. The van der Waals surface area contributed by atoms with Crippen LogP contribution < -0.4 is 4.74 Å². The van der Waals surface area contributed by atoms with E-state index in [2.05, 4.69) is 4.90 Å². The lowest BCUT2D eigenvalue weighted by atomic mass is 9.88. The van der Waals surface area contributed by atoms with Crippen LogP contribution in [-0.2, 0) is 6.54 Å². The van der Waals surface area contributed by atoms with Gasteiger partial charge in [-0.15, -0.1) is 0 Å². The first-order chi connectivity index (χ1) is 12.5. The predicted molar refractivity (Wildman–Crippen MR) is 103 cm³/mol. The molecular weight excluding hydrogens is 350 g/mol. The summed E-state index contributed by atoms with van der Waals surface area (Å²) >= 11 is 6.01. The molecule has 5 heteroatoms. The van der Waals surface area contributed by atoms with Crippen LogP contribution in [0.5, 0.6) is 11.5 Å². The van der Waals surface area contributed by atoms with Crippen molar-refractivity contribution >= 4 is 17.4 Å². The predicted octanol–water partition coefficient (Wildman–Crippen LogP) is 4.46. The molecule has 1 aliphatic rings. The van der Waals surface area contributed by atoms with Crippen molar-refractivity contribution in [2.24, 2.45) is 5.92 Å². The largest absolute Gasteiger partial charge is 0.507 e. The molecule has 2 aromatic rings. The van der Waals surface area contributed by atoms with Crippen molar-refractivity contribution in [2.75, 3.05) is 20.2 Å². The summed E-state index contributed by atoms with van der Waals surface area (Å²) in [6, 6.07) is 10.7. The first-order valence-electron chi connectivity index (χ1n) is 8.87. The number of phenolic OH excluding ortho intramolecular Hbond substituents is 1. The van der Waals surface area contributed by atoms with Gasteiger partial charge in [-0.25, -0.2) is 0 Å². The summed E-state index contributed by atoms with van der Waals surface area (Å²) in [4.78, 5) is 15.2. The van der Waals surface area contributed by atoms with Crippen LogP contribution in [0.4, 0.5) is 0 Å². The van der Waals surface area contributed by atoms with Crippen LogP contribution in [0.15, 0.2) is 36.4 Å². The van der Waals surface area contributed by atoms with Crippen molar-refractivity contribution < 1.29 is 14.6 Å². The second-order valence-corrected chi connectivity index (χ2v) is 7.29. The second kappa shape index (κ2) is 8.11. The SMILES string of the molecule is COc1cccc(O)c1CN1CCC[C@H](C(=O)c2ccc(Cl)cc2C)C1. The lowest BCUT2D eigenvalue weighted by Gasteiger charge is -2.32. The van der Waals surface area contributed by atoms with E-state index in [1.54, 1.807) is 25.3 Å². The summed E-state index contributed by atoms with van der Waals surface area (Å²) in [6.07, 6.45) is 1.84. The highest BCUT2D eigenvalue weighted by Crippen LogP contribution is 2.31. The summed E-state index contributed by atoms with van der Waals surface area (Å²) in [6.45, 7) is 4.07. The Morgan fingerprint density at radius 3 is 2.88 bits per heavy atom. The topological polar surface area (TPSA) is 49.8 Å². The van der Waals surface area contributed by atoms with Crippen LogP contribution in [0, 0.1) is 12.8 Å². The second-order valence-electron chi connectivity index (χ2n) is 6.86. The van der Waals surface area contributed by atoms with Crippen LogP contribution in [0.2, 0.25) is 5.02 Å². The highest BCUT2D eigenvalue weighted by atomic mass is 35.5. The molecule has 1 N–H and O–H groups in total. The van der Waals surface area contributed by atoms with Crippen molar-refractivity contribution in [1.29, 1.82) is 0 Å². The molecule has 0 amide bonds. The zero-order chi connectivity index (χ0) is 18.7. The Morgan fingerprint density at radius 2 is 2.15 bits per heavy atom. The van der Waals surface area contributed by atoms with E-state index in [0.717, 1.165) is 36.1 Å². The van der Waals surface area contributed by atoms with Gasteiger partial charge in [-0.1, -0.05) is 17.7 Å². The van der Waals surface area contributed by atoms with Gasteiger partial charge in [0.15, 0.2) is 5.78 Å². The molecule has 26 heavy (non-hydrogen) atoms. The highest BCUT2D eigenvalue weighted by Gasteiger charge is 2.28. The minimum Gasteiger partial charge on any atom is -0.507 e. The smallest absolute Gasteiger partial charge is 0.167 e. The minimum atomic E-state index is -0.0412. The maximum atomic E-state index is 13.0. The van der Waals surface area contributed by atoms with E-state index < -0.39 is 0 Å². The van der Waals surface area contributed by atoms with E-state index in [0.29, 0.717) is 23.9 Å². The summed E-state index contributed by atoms with van der Waals surface area (Å²) in [5.74, 6) is 1.03. The number of aromatic hydroxyl groups is 1. The molecule has 1 heterocycles. The minimum absolute atomic E-state index is 0.0412. The molecule has 2 aromatic carbocycles. The molecule has 0 spiro atoms. The highest BCUT2D eigenvalue weighted by molar-refractivity contribution is 6.30. The fourth-order valence-corrected chi connectivity index (χ4v) is 3.89. The first kappa shape index (κ1) is 18.7. The molecule has 4 nitrogen and oxygen atoms in total. The Labute approximate surface area is 159 Å². The zero-order valence-corrected chi connectivity index (χ0v) is 15.9. The third kappa shape index (κ3) is 4.02. The third-order valence-corrected chi connectivity index (χ3v) is 5.28. The van der Waals surface area contributed by atoms with Crippen molar-refractivity contribution in [3.63, 3.8) is 0 Å². The van der Waals surface area contributed by atoms with Crippen LogP contribution in [0.3, 0.4) is 0 Å². The Balaban J connectivity index is 1.74. The molecule has 0 unspecified atom stereocenters. The molecule has 0 radical (unpaired) electrons. The Kier molecular flexibility index (Phi) is 5.84. The van der Waals surface area contributed by atoms with Gasteiger partial charge in [-0.3, -0.25) is 9.69 Å². The van der Waals surface area contributed by atoms with E-state index in [9.17, 15) is 9.90 Å². The van der Waals surface area contributed by atoms with Gasteiger partial charge >= 0.3 is 0 Å². The molecule has 1 atom stereocenters. The van der Waals surface area contributed by atoms with Crippen molar-refractivity contribution in [2.45, 2.75) is 26.3 Å². The Hall–Kier alpha value is -2.04. The number of likely N-dealkylation sites (tertiary alicyclic amines) is 1. The average molecular weight is 374 g/mol. The van der Waals surface area contributed by atoms with Gasteiger partial charge in [0.2, 0.25) is 0 Å². The number of rotatable bonds is 5. The summed E-state index contributed by atoms with van der Waals surface area (Å²) < 4.78 is 5.37.